The van der Waals surface area contributed by atoms with Crippen molar-refractivity contribution in [1.82, 2.24) is 5.32 Å². The van der Waals surface area contributed by atoms with Crippen LogP contribution in [0.3, 0.4) is 0 Å². The van der Waals surface area contributed by atoms with Crippen molar-refractivity contribution >= 4 is 29.1 Å². The molecule has 0 radical (unpaired) electrons. The number of nitrogens with zero attached hydrogens (tertiary/aromatic N) is 2. The molecule has 0 unspecified atom stereocenters. The van der Waals surface area contributed by atoms with Crippen LogP contribution in [0.25, 0.3) is 0 Å². The Morgan fingerprint density at radius 3 is 2.58 bits per heavy atom. The molecule has 1 aliphatic carbocycles. The Balaban J connectivity index is 1.24. The highest BCUT2D eigenvalue weighted by atomic mass is 16.2. The molecule has 0 aromatic heterocycles. The summed E-state index contributed by atoms with van der Waals surface area (Å²) in [5.74, 6) is -0.0365. The Labute approximate surface area is 182 Å². The monoisotopic (exact) mass is 417 g/mol. The molecule has 2 heterocycles. The first-order chi connectivity index (χ1) is 15.1. The van der Waals surface area contributed by atoms with E-state index >= 15 is 0 Å². The lowest BCUT2D eigenvalue weighted by Gasteiger charge is -2.29. The molecule has 6 heteroatoms. The van der Waals surface area contributed by atoms with Crippen LogP contribution in [0.4, 0.5) is 11.4 Å². The van der Waals surface area contributed by atoms with E-state index in [1.165, 1.54) is 0 Å². The Hall–Kier alpha value is -3.15. The first-order valence-corrected chi connectivity index (χ1v) is 11.2. The lowest BCUT2D eigenvalue weighted by molar-refractivity contribution is -0.126. The topological polar surface area (TPSA) is 69.7 Å². The van der Waals surface area contributed by atoms with E-state index in [4.69, 9.17) is 0 Å². The largest absolute Gasteiger partial charge is 0.352 e. The van der Waals surface area contributed by atoms with Crippen molar-refractivity contribution in [3.8, 4) is 0 Å². The number of carbonyl (C=O) groups is 3. The van der Waals surface area contributed by atoms with Gasteiger partial charge in [0.2, 0.25) is 17.7 Å². The maximum absolute atomic E-state index is 12.7. The van der Waals surface area contributed by atoms with Gasteiger partial charge in [-0.05, 0) is 48.6 Å². The van der Waals surface area contributed by atoms with Gasteiger partial charge >= 0.3 is 0 Å². The molecule has 1 saturated carbocycles. The molecular weight excluding hydrogens is 390 g/mol. The third kappa shape index (κ3) is 3.82. The smallest absolute Gasteiger partial charge is 0.230 e. The summed E-state index contributed by atoms with van der Waals surface area (Å²) in [4.78, 5) is 41.6. The second-order valence-electron chi connectivity index (χ2n) is 8.79. The van der Waals surface area contributed by atoms with Gasteiger partial charge in [0.25, 0.3) is 0 Å². The number of rotatable bonds is 5. The van der Waals surface area contributed by atoms with E-state index in [0.717, 1.165) is 48.2 Å². The summed E-state index contributed by atoms with van der Waals surface area (Å²) in [7, 11) is 0. The van der Waals surface area contributed by atoms with E-state index in [2.05, 4.69) is 5.32 Å². The van der Waals surface area contributed by atoms with Crippen LogP contribution in [0.1, 0.15) is 36.8 Å². The quantitative estimate of drug-likeness (QED) is 0.813. The minimum absolute atomic E-state index is 0.0276. The fraction of sp³-hybridized carbons (Fsp3) is 0.400. The number of nitrogens with one attached hydrogen (secondary N) is 1. The van der Waals surface area contributed by atoms with Crippen molar-refractivity contribution in [3.63, 3.8) is 0 Å². The molecule has 5 rings (SSSR count). The standard InChI is InChI=1S/C25H27N3O3/c29-23-14-20(24(30)26-15-17-5-2-1-3-6-17)16-28(23)21-9-10-22-19(13-21)11-12-27(22)25(31)18-7-4-8-18/h1-3,5-6,9-10,13,18,20H,4,7-8,11-12,14-16H2,(H,26,30)/t20-/m0/s1. The van der Waals surface area contributed by atoms with E-state index < -0.39 is 0 Å². The normalized spacial score (nSPS) is 20.5. The van der Waals surface area contributed by atoms with Crippen LogP contribution in [0.5, 0.6) is 0 Å². The summed E-state index contributed by atoms with van der Waals surface area (Å²) in [5, 5.41) is 2.95. The van der Waals surface area contributed by atoms with Gasteiger partial charge in [-0.15, -0.1) is 0 Å². The zero-order valence-corrected chi connectivity index (χ0v) is 17.5. The van der Waals surface area contributed by atoms with E-state index in [1.807, 2.05) is 53.4 Å². The SMILES string of the molecule is O=C(NCc1ccccc1)[C@H]1CC(=O)N(c2ccc3c(c2)CCN3C(=O)C2CCC2)C1. The van der Waals surface area contributed by atoms with Crippen molar-refractivity contribution in [2.45, 2.75) is 38.6 Å². The van der Waals surface area contributed by atoms with Crippen LogP contribution in [0, 0.1) is 11.8 Å². The Kier molecular flexibility index (Phi) is 5.22. The third-order valence-corrected chi connectivity index (χ3v) is 6.80. The molecule has 1 saturated heterocycles. The summed E-state index contributed by atoms with van der Waals surface area (Å²) in [6, 6.07) is 15.7. The molecule has 0 spiro atoms. The molecule has 1 N–H and O–H groups in total. The third-order valence-electron chi connectivity index (χ3n) is 6.80. The van der Waals surface area contributed by atoms with Gasteiger partial charge in [-0.1, -0.05) is 36.8 Å². The van der Waals surface area contributed by atoms with Crippen LogP contribution in [0.2, 0.25) is 0 Å². The maximum Gasteiger partial charge on any atom is 0.230 e. The molecule has 2 aromatic carbocycles. The predicted molar refractivity (Wildman–Crippen MR) is 119 cm³/mol. The number of benzene rings is 2. The second-order valence-corrected chi connectivity index (χ2v) is 8.79. The van der Waals surface area contributed by atoms with E-state index in [1.54, 1.807) is 4.90 Å². The first kappa shape index (κ1) is 19.8. The molecule has 3 aliphatic rings. The average molecular weight is 418 g/mol. The molecule has 160 valence electrons. The zero-order valence-electron chi connectivity index (χ0n) is 17.5. The van der Waals surface area contributed by atoms with Gasteiger partial charge in [0.1, 0.15) is 0 Å². The average Bonchev–Trinajstić information content (AvgIpc) is 3.34. The van der Waals surface area contributed by atoms with Crippen LogP contribution in [-0.2, 0) is 27.3 Å². The Morgan fingerprint density at radius 1 is 1.03 bits per heavy atom. The van der Waals surface area contributed by atoms with Gasteiger partial charge in [-0.25, -0.2) is 0 Å². The van der Waals surface area contributed by atoms with Gasteiger partial charge in [-0.2, -0.15) is 0 Å². The van der Waals surface area contributed by atoms with Crippen molar-refractivity contribution in [1.29, 1.82) is 0 Å². The van der Waals surface area contributed by atoms with Gasteiger partial charge in [0.05, 0.1) is 5.92 Å². The van der Waals surface area contributed by atoms with Crippen molar-refractivity contribution in [2.24, 2.45) is 11.8 Å². The molecule has 31 heavy (non-hydrogen) atoms. The first-order valence-electron chi connectivity index (χ1n) is 11.2. The Bertz CT molecular complexity index is 1020. The minimum Gasteiger partial charge on any atom is -0.352 e. The fourth-order valence-electron chi connectivity index (χ4n) is 4.72. The zero-order chi connectivity index (χ0) is 21.4. The molecule has 2 aromatic rings. The van der Waals surface area contributed by atoms with Crippen LogP contribution >= 0.6 is 0 Å². The highest BCUT2D eigenvalue weighted by Crippen LogP contribution is 2.37. The van der Waals surface area contributed by atoms with E-state index in [9.17, 15) is 14.4 Å². The van der Waals surface area contributed by atoms with E-state index in [-0.39, 0.29) is 36.0 Å². The molecular formula is C25H27N3O3. The molecule has 2 aliphatic heterocycles. The molecule has 6 nitrogen and oxygen atoms in total. The summed E-state index contributed by atoms with van der Waals surface area (Å²) in [5.41, 5.74) is 3.94. The highest BCUT2D eigenvalue weighted by molar-refractivity contribution is 6.01. The number of carbonyl (C=O) groups excluding carboxylic acids is 3. The second kappa shape index (κ2) is 8.17. The van der Waals surface area contributed by atoms with Gasteiger partial charge in [-0.3, -0.25) is 14.4 Å². The van der Waals surface area contributed by atoms with Gasteiger partial charge < -0.3 is 15.1 Å². The Morgan fingerprint density at radius 2 is 1.84 bits per heavy atom. The summed E-state index contributed by atoms with van der Waals surface area (Å²) < 4.78 is 0. The molecule has 3 amide bonds. The van der Waals surface area contributed by atoms with E-state index in [0.29, 0.717) is 19.6 Å². The number of fused-ring (bicyclic) bond motifs is 1. The molecule has 2 fully saturated rings. The predicted octanol–water partition coefficient (Wildman–Crippen LogP) is 3.05. The van der Waals surface area contributed by atoms with Crippen molar-refractivity contribution in [3.05, 3.63) is 59.7 Å². The van der Waals surface area contributed by atoms with Crippen molar-refractivity contribution < 1.29 is 14.4 Å². The molecule has 1 atom stereocenters. The number of amides is 3. The van der Waals surface area contributed by atoms with Crippen LogP contribution in [0.15, 0.2) is 48.5 Å². The van der Waals surface area contributed by atoms with Crippen molar-refractivity contribution in [2.75, 3.05) is 22.9 Å². The lowest BCUT2D eigenvalue weighted by Crippen LogP contribution is -2.37. The van der Waals surface area contributed by atoms with Crippen LogP contribution in [-0.4, -0.2) is 30.8 Å². The minimum atomic E-state index is -0.346. The number of hydrogen-bond donors (Lipinski definition) is 1. The summed E-state index contributed by atoms with van der Waals surface area (Å²) in [6.07, 6.45) is 4.18. The lowest BCUT2D eigenvalue weighted by atomic mass is 9.84. The van der Waals surface area contributed by atoms with Gasteiger partial charge in [0, 0.05) is 43.3 Å². The number of hydrogen-bond acceptors (Lipinski definition) is 3. The molecule has 0 bridgehead atoms. The highest BCUT2D eigenvalue weighted by Gasteiger charge is 2.37. The van der Waals surface area contributed by atoms with Gasteiger partial charge in [0.15, 0.2) is 0 Å². The van der Waals surface area contributed by atoms with Crippen LogP contribution < -0.4 is 15.1 Å². The fourth-order valence-corrected chi connectivity index (χ4v) is 4.72. The number of anilines is 2. The summed E-state index contributed by atoms with van der Waals surface area (Å²) in [6.45, 7) is 1.57. The maximum atomic E-state index is 12.7. The summed E-state index contributed by atoms with van der Waals surface area (Å²) >= 11 is 0.